The van der Waals surface area contributed by atoms with Crippen molar-refractivity contribution in [3.63, 3.8) is 0 Å². The van der Waals surface area contributed by atoms with Crippen molar-refractivity contribution in [2.45, 2.75) is 20.4 Å². The molecule has 0 radical (unpaired) electrons. The van der Waals surface area contributed by atoms with Gasteiger partial charge in [0.05, 0.1) is 0 Å². The normalized spacial score (nSPS) is 11.2. The van der Waals surface area contributed by atoms with E-state index in [1.165, 1.54) is 11.8 Å². The summed E-state index contributed by atoms with van der Waals surface area (Å²) in [6, 6.07) is 5.15. The van der Waals surface area contributed by atoms with Gasteiger partial charge in [-0.15, -0.1) is 0 Å². The van der Waals surface area contributed by atoms with Crippen LogP contribution in [0.3, 0.4) is 0 Å². The zero-order valence-electron chi connectivity index (χ0n) is 12.2. The molecular weight excluding hydrogens is 358 g/mol. The van der Waals surface area contributed by atoms with Crippen molar-refractivity contribution in [3.05, 3.63) is 33.8 Å². The van der Waals surface area contributed by atoms with Gasteiger partial charge in [-0.2, -0.15) is 0 Å². The Kier molecular flexibility index (Phi) is 6.10. The lowest BCUT2D eigenvalue weighted by Crippen LogP contribution is -2.35. The highest BCUT2D eigenvalue weighted by Gasteiger charge is 2.18. The lowest BCUT2D eigenvalue weighted by molar-refractivity contribution is -0.128. The molecule has 0 atom stereocenters. The molecule has 0 aliphatic rings. The second kappa shape index (κ2) is 7.17. The Morgan fingerprint density at radius 1 is 1.29 bits per heavy atom. The second-order valence-corrected chi connectivity index (χ2v) is 7.83. The van der Waals surface area contributed by atoms with Crippen LogP contribution in [0.4, 0.5) is 0 Å². The summed E-state index contributed by atoms with van der Waals surface area (Å²) in [4.78, 5) is 24.7. The lowest BCUT2D eigenvalue weighted by Gasteiger charge is -2.21. The number of Topliss-reactive ketones (excluding diaryl/α,β-unsaturated/α-hetero) is 1. The number of sulfone groups is 1. The van der Waals surface area contributed by atoms with Crippen LogP contribution in [-0.4, -0.2) is 43.6 Å². The molecule has 0 saturated carbocycles. The summed E-state index contributed by atoms with van der Waals surface area (Å²) >= 11 is 3.38. The average molecular weight is 376 g/mol. The summed E-state index contributed by atoms with van der Waals surface area (Å²) in [5, 5.41) is 0. The highest BCUT2D eigenvalue weighted by molar-refractivity contribution is 9.10. The van der Waals surface area contributed by atoms with E-state index in [0.29, 0.717) is 18.7 Å². The molecule has 116 valence electrons. The van der Waals surface area contributed by atoms with E-state index in [-0.39, 0.29) is 5.78 Å². The van der Waals surface area contributed by atoms with Gasteiger partial charge in [-0.1, -0.05) is 28.1 Å². The van der Waals surface area contributed by atoms with Gasteiger partial charge in [-0.05, 0) is 25.5 Å². The molecule has 0 saturated heterocycles. The summed E-state index contributed by atoms with van der Waals surface area (Å²) in [5.41, 5.74) is 1.40. The molecule has 21 heavy (non-hydrogen) atoms. The summed E-state index contributed by atoms with van der Waals surface area (Å²) < 4.78 is 23.1. The van der Waals surface area contributed by atoms with Gasteiger partial charge in [0, 0.05) is 29.4 Å². The molecule has 0 bridgehead atoms. The SMILES string of the molecule is CCN(Cc1ccc(C(C)=O)cc1Br)C(=O)CS(C)(=O)=O. The molecule has 0 heterocycles. The second-order valence-electron chi connectivity index (χ2n) is 4.84. The van der Waals surface area contributed by atoms with Gasteiger partial charge < -0.3 is 4.90 Å². The number of hydrogen-bond donors (Lipinski definition) is 0. The van der Waals surface area contributed by atoms with Gasteiger partial charge in [-0.25, -0.2) is 8.42 Å². The molecule has 0 spiro atoms. The van der Waals surface area contributed by atoms with Crippen molar-refractivity contribution in [2.75, 3.05) is 18.6 Å². The topological polar surface area (TPSA) is 71.5 Å². The Morgan fingerprint density at radius 3 is 2.33 bits per heavy atom. The van der Waals surface area contributed by atoms with E-state index in [1.807, 2.05) is 0 Å². The third-order valence-corrected chi connectivity index (χ3v) is 4.45. The van der Waals surface area contributed by atoms with Crippen molar-refractivity contribution in [3.8, 4) is 0 Å². The van der Waals surface area contributed by atoms with Crippen molar-refractivity contribution in [1.29, 1.82) is 0 Å². The molecule has 1 aromatic rings. The first-order valence-corrected chi connectivity index (χ1v) is 9.24. The fourth-order valence-corrected chi connectivity index (χ4v) is 2.93. The Morgan fingerprint density at radius 2 is 1.90 bits per heavy atom. The summed E-state index contributed by atoms with van der Waals surface area (Å²) in [6.07, 6.45) is 1.04. The number of benzene rings is 1. The number of hydrogen-bond acceptors (Lipinski definition) is 4. The van der Waals surface area contributed by atoms with E-state index in [4.69, 9.17) is 0 Å². The quantitative estimate of drug-likeness (QED) is 0.713. The minimum Gasteiger partial charge on any atom is -0.338 e. The minimum atomic E-state index is -3.35. The molecule has 0 N–H and O–H groups in total. The number of rotatable bonds is 6. The van der Waals surface area contributed by atoms with E-state index in [2.05, 4.69) is 15.9 Å². The third-order valence-electron chi connectivity index (χ3n) is 2.94. The molecule has 0 aliphatic carbocycles. The fraction of sp³-hybridized carbons (Fsp3) is 0.429. The molecule has 1 rings (SSSR count). The van der Waals surface area contributed by atoms with Crippen LogP contribution in [0.2, 0.25) is 0 Å². The minimum absolute atomic E-state index is 0.0391. The van der Waals surface area contributed by atoms with E-state index < -0.39 is 21.5 Å². The van der Waals surface area contributed by atoms with Crippen LogP contribution >= 0.6 is 15.9 Å². The van der Waals surface area contributed by atoms with Gasteiger partial charge in [0.1, 0.15) is 5.75 Å². The highest BCUT2D eigenvalue weighted by Crippen LogP contribution is 2.21. The molecule has 7 heteroatoms. The van der Waals surface area contributed by atoms with Gasteiger partial charge in [0.25, 0.3) is 0 Å². The smallest absolute Gasteiger partial charge is 0.238 e. The predicted octanol–water partition coefficient (Wildman–Crippen LogP) is 2.04. The first kappa shape index (κ1) is 17.8. The van der Waals surface area contributed by atoms with Crippen molar-refractivity contribution in [2.24, 2.45) is 0 Å². The van der Waals surface area contributed by atoms with Crippen molar-refractivity contribution in [1.82, 2.24) is 4.90 Å². The first-order valence-electron chi connectivity index (χ1n) is 6.39. The lowest BCUT2D eigenvalue weighted by atomic mass is 10.1. The number of carbonyl (C=O) groups excluding carboxylic acids is 2. The Labute approximate surface area is 133 Å². The number of halogens is 1. The highest BCUT2D eigenvalue weighted by atomic mass is 79.9. The predicted molar refractivity (Wildman–Crippen MR) is 84.9 cm³/mol. The van der Waals surface area contributed by atoms with Crippen LogP contribution in [0.1, 0.15) is 29.8 Å². The fourth-order valence-electron chi connectivity index (χ4n) is 1.79. The number of amides is 1. The van der Waals surface area contributed by atoms with Crippen LogP contribution in [0, 0.1) is 0 Å². The maximum absolute atomic E-state index is 12.0. The number of nitrogens with zero attached hydrogens (tertiary/aromatic N) is 1. The zero-order chi connectivity index (χ0) is 16.2. The summed E-state index contributed by atoms with van der Waals surface area (Å²) in [7, 11) is -3.35. The zero-order valence-corrected chi connectivity index (χ0v) is 14.6. The van der Waals surface area contributed by atoms with Crippen LogP contribution in [-0.2, 0) is 21.2 Å². The van der Waals surface area contributed by atoms with E-state index in [0.717, 1.165) is 16.3 Å². The van der Waals surface area contributed by atoms with E-state index >= 15 is 0 Å². The van der Waals surface area contributed by atoms with Crippen molar-refractivity contribution >= 4 is 37.5 Å². The Hall–Kier alpha value is -1.21. The summed E-state index contributed by atoms with van der Waals surface area (Å²) in [5.74, 6) is -0.963. The third kappa shape index (κ3) is 5.59. The Bertz CT molecular complexity index is 655. The molecule has 1 amide bonds. The molecule has 0 fully saturated rings. The van der Waals surface area contributed by atoms with Gasteiger partial charge >= 0.3 is 0 Å². The standard InChI is InChI=1S/C14H18BrNO4S/c1-4-16(14(18)9-21(3,19)20)8-12-6-5-11(10(2)17)7-13(12)15/h5-7H,4,8-9H2,1-3H3. The van der Waals surface area contributed by atoms with E-state index in [9.17, 15) is 18.0 Å². The molecule has 0 aliphatic heterocycles. The molecule has 5 nitrogen and oxygen atoms in total. The molecule has 1 aromatic carbocycles. The Balaban J connectivity index is 2.92. The van der Waals surface area contributed by atoms with Crippen LogP contribution in [0.25, 0.3) is 0 Å². The molecular formula is C14H18BrNO4S. The van der Waals surface area contributed by atoms with E-state index in [1.54, 1.807) is 25.1 Å². The van der Waals surface area contributed by atoms with Crippen LogP contribution < -0.4 is 0 Å². The maximum atomic E-state index is 12.0. The first-order chi connectivity index (χ1) is 9.64. The van der Waals surface area contributed by atoms with Gasteiger partial charge in [0.15, 0.2) is 15.6 Å². The van der Waals surface area contributed by atoms with Crippen LogP contribution in [0.15, 0.2) is 22.7 Å². The van der Waals surface area contributed by atoms with Crippen LogP contribution in [0.5, 0.6) is 0 Å². The number of carbonyl (C=O) groups is 2. The van der Waals surface area contributed by atoms with Gasteiger partial charge in [0.2, 0.25) is 5.91 Å². The molecule has 0 unspecified atom stereocenters. The maximum Gasteiger partial charge on any atom is 0.238 e. The average Bonchev–Trinajstić information content (AvgIpc) is 2.34. The largest absolute Gasteiger partial charge is 0.338 e. The molecule has 0 aromatic heterocycles. The number of ketones is 1. The summed E-state index contributed by atoms with van der Waals surface area (Å²) in [6.45, 7) is 3.98. The van der Waals surface area contributed by atoms with Gasteiger partial charge in [-0.3, -0.25) is 9.59 Å². The van der Waals surface area contributed by atoms with Crippen molar-refractivity contribution < 1.29 is 18.0 Å². The monoisotopic (exact) mass is 375 g/mol.